The van der Waals surface area contributed by atoms with Gasteiger partial charge in [-0.1, -0.05) is 32.0 Å². The van der Waals surface area contributed by atoms with Gasteiger partial charge in [0.25, 0.3) is 0 Å². The molecule has 6 nitrogen and oxygen atoms in total. The molecule has 6 heteroatoms. The van der Waals surface area contributed by atoms with E-state index >= 15 is 0 Å². The number of para-hydroxylation sites is 1. The Kier molecular flexibility index (Phi) is 6.16. The second-order valence-electron chi connectivity index (χ2n) is 6.66. The maximum absolute atomic E-state index is 4.64. The molecule has 0 aliphatic carbocycles. The van der Waals surface area contributed by atoms with Crippen LogP contribution in [0.15, 0.2) is 35.5 Å². The lowest BCUT2D eigenvalue weighted by atomic mass is 10.1. The highest BCUT2D eigenvalue weighted by Gasteiger charge is 2.13. The first-order valence-corrected chi connectivity index (χ1v) is 9.71. The van der Waals surface area contributed by atoms with Crippen molar-refractivity contribution in [3.63, 3.8) is 0 Å². The Hall–Kier alpha value is -2.76. The summed E-state index contributed by atoms with van der Waals surface area (Å²) in [5, 5.41) is 12.8. The Bertz CT molecular complexity index is 918. The first kappa shape index (κ1) is 19.0. The summed E-state index contributed by atoms with van der Waals surface area (Å²) in [4.78, 5) is 7.69. The molecular formula is C21H30N6. The lowest BCUT2D eigenvalue weighted by Crippen LogP contribution is -2.38. The summed E-state index contributed by atoms with van der Waals surface area (Å²) in [5.41, 5.74) is 6.25. The first-order chi connectivity index (χ1) is 13.2. The molecule has 27 heavy (non-hydrogen) atoms. The smallest absolute Gasteiger partial charge is 0.191 e. The SMILES string of the molecule is CCc1nn(C)c(CC)c1CNC(=NC)NCCc1c[nH]c2ccccc12. The van der Waals surface area contributed by atoms with Crippen LogP contribution >= 0.6 is 0 Å². The third-order valence-corrected chi connectivity index (χ3v) is 5.05. The van der Waals surface area contributed by atoms with Crippen molar-refractivity contribution in [3.8, 4) is 0 Å². The molecule has 0 radical (unpaired) electrons. The van der Waals surface area contributed by atoms with E-state index < -0.39 is 0 Å². The number of fused-ring (bicyclic) bond motifs is 1. The van der Waals surface area contributed by atoms with E-state index in [4.69, 9.17) is 0 Å². The van der Waals surface area contributed by atoms with Crippen molar-refractivity contribution >= 4 is 16.9 Å². The minimum atomic E-state index is 0.743. The number of aromatic nitrogens is 3. The number of nitrogens with zero attached hydrogens (tertiary/aromatic N) is 3. The molecule has 0 fully saturated rings. The fraction of sp³-hybridized carbons (Fsp3) is 0.429. The average Bonchev–Trinajstić information content (AvgIpc) is 3.24. The van der Waals surface area contributed by atoms with E-state index in [9.17, 15) is 0 Å². The summed E-state index contributed by atoms with van der Waals surface area (Å²) >= 11 is 0. The lowest BCUT2D eigenvalue weighted by molar-refractivity contribution is 0.702. The maximum atomic E-state index is 4.64. The van der Waals surface area contributed by atoms with Gasteiger partial charge in [-0.2, -0.15) is 5.10 Å². The van der Waals surface area contributed by atoms with Crippen LogP contribution in [0.1, 0.15) is 36.4 Å². The van der Waals surface area contributed by atoms with Crippen LogP contribution in [0.4, 0.5) is 0 Å². The van der Waals surface area contributed by atoms with Crippen LogP contribution in [0.3, 0.4) is 0 Å². The van der Waals surface area contributed by atoms with Crippen LogP contribution in [0.25, 0.3) is 10.9 Å². The highest BCUT2D eigenvalue weighted by molar-refractivity contribution is 5.83. The topological polar surface area (TPSA) is 70.0 Å². The van der Waals surface area contributed by atoms with E-state index in [2.05, 4.69) is 70.0 Å². The zero-order valence-electron chi connectivity index (χ0n) is 16.8. The van der Waals surface area contributed by atoms with Gasteiger partial charge in [-0.25, -0.2) is 0 Å². The largest absolute Gasteiger partial charge is 0.361 e. The molecule has 0 saturated carbocycles. The van der Waals surface area contributed by atoms with E-state index in [0.29, 0.717) is 0 Å². The van der Waals surface area contributed by atoms with Gasteiger partial charge in [0, 0.05) is 55.5 Å². The van der Waals surface area contributed by atoms with Crippen LogP contribution in [0.5, 0.6) is 0 Å². The van der Waals surface area contributed by atoms with Crippen molar-refractivity contribution in [3.05, 3.63) is 53.0 Å². The fourth-order valence-electron chi connectivity index (χ4n) is 3.64. The molecule has 3 rings (SSSR count). The molecule has 3 aromatic rings. The van der Waals surface area contributed by atoms with Gasteiger partial charge in [0.1, 0.15) is 0 Å². The number of hydrogen-bond acceptors (Lipinski definition) is 2. The Balaban J connectivity index is 1.57. The van der Waals surface area contributed by atoms with Gasteiger partial charge in [0.05, 0.1) is 5.69 Å². The predicted molar refractivity (Wildman–Crippen MR) is 112 cm³/mol. The van der Waals surface area contributed by atoms with Crippen LogP contribution in [0, 0.1) is 0 Å². The normalized spacial score (nSPS) is 11.9. The minimum absolute atomic E-state index is 0.743. The Morgan fingerprint density at radius 3 is 2.74 bits per heavy atom. The van der Waals surface area contributed by atoms with E-state index in [-0.39, 0.29) is 0 Å². The number of benzene rings is 1. The first-order valence-electron chi connectivity index (χ1n) is 9.71. The third kappa shape index (κ3) is 4.15. The predicted octanol–water partition coefficient (Wildman–Crippen LogP) is 2.93. The summed E-state index contributed by atoms with van der Waals surface area (Å²) in [6.07, 6.45) is 4.96. The zero-order chi connectivity index (χ0) is 19.2. The summed E-state index contributed by atoms with van der Waals surface area (Å²) in [6, 6.07) is 8.41. The van der Waals surface area contributed by atoms with Crippen LogP contribution < -0.4 is 10.6 Å². The monoisotopic (exact) mass is 366 g/mol. The van der Waals surface area contributed by atoms with Crippen molar-refractivity contribution < 1.29 is 0 Å². The molecule has 0 aliphatic rings. The van der Waals surface area contributed by atoms with Crippen molar-refractivity contribution in [1.82, 2.24) is 25.4 Å². The molecule has 0 saturated heterocycles. The summed E-state index contributed by atoms with van der Waals surface area (Å²) in [6.45, 7) is 5.90. The molecule has 2 aromatic heterocycles. The van der Waals surface area contributed by atoms with Gasteiger partial charge in [-0.15, -0.1) is 0 Å². The number of hydrogen-bond donors (Lipinski definition) is 3. The van der Waals surface area contributed by atoms with Crippen molar-refractivity contribution in [2.75, 3.05) is 13.6 Å². The molecule has 1 aromatic carbocycles. The number of aliphatic imine (C=N–C) groups is 1. The Morgan fingerprint density at radius 2 is 2.00 bits per heavy atom. The highest BCUT2D eigenvalue weighted by Crippen LogP contribution is 2.18. The van der Waals surface area contributed by atoms with E-state index in [1.165, 1.54) is 27.7 Å². The van der Waals surface area contributed by atoms with Gasteiger partial charge in [-0.3, -0.25) is 9.67 Å². The second-order valence-corrected chi connectivity index (χ2v) is 6.66. The fourth-order valence-corrected chi connectivity index (χ4v) is 3.64. The molecular weight excluding hydrogens is 336 g/mol. The third-order valence-electron chi connectivity index (χ3n) is 5.05. The second kappa shape index (κ2) is 8.75. The molecule has 0 aliphatic heterocycles. The molecule has 2 heterocycles. The Labute approximate surface area is 161 Å². The maximum Gasteiger partial charge on any atom is 0.191 e. The molecule has 0 bridgehead atoms. The van der Waals surface area contributed by atoms with E-state index in [1.807, 2.05) is 18.8 Å². The summed E-state index contributed by atoms with van der Waals surface area (Å²) < 4.78 is 2.00. The Morgan fingerprint density at radius 1 is 1.19 bits per heavy atom. The number of aryl methyl sites for hydroxylation is 2. The van der Waals surface area contributed by atoms with Gasteiger partial charge in [-0.05, 0) is 30.9 Å². The van der Waals surface area contributed by atoms with E-state index in [0.717, 1.165) is 44.0 Å². The zero-order valence-corrected chi connectivity index (χ0v) is 16.8. The van der Waals surface area contributed by atoms with Crippen LogP contribution in [-0.4, -0.2) is 34.3 Å². The number of guanidine groups is 1. The van der Waals surface area contributed by atoms with Crippen molar-refractivity contribution in [2.45, 2.75) is 39.7 Å². The van der Waals surface area contributed by atoms with Crippen molar-refractivity contribution in [2.24, 2.45) is 12.0 Å². The van der Waals surface area contributed by atoms with Crippen LogP contribution in [-0.2, 0) is 32.9 Å². The van der Waals surface area contributed by atoms with Gasteiger partial charge >= 0.3 is 0 Å². The number of aromatic amines is 1. The average molecular weight is 367 g/mol. The highest BCUT2D eigenvalue weighted by atomic mass is 15.3. The van der Waals surface area contributed by atoms with Crippen LogP contribution in [0.2, 0.25) is 0 Å². The molecule has 144 valence electrons. The van der Waals surface area contributed by atoms with E-state index in [1.54, 1.807) is 0 Å². The lowest BCUT2D eigenvalue weighted by Gasteiger charge is -2.13. The summed E-state index contributed by atoms with van der Waals surface area (Å²) in [5.74, 6) is 0.822. The summed E-state index contributed by atoms with van der Waals surface area (Å²) in [7, 11) is 3.83. The standard InChI is InChI=1S/C21H30N6/c1-5-18-17(20(6-2)27(4)26-18)14-25-21(22-3)23-12-11-15-13-24-19-10-8-7-9-16(15)19/h7-10,13,24H,5-6,11-12,14H2,1-4H3,(H2,22,23,25). The number of rotatable bonds is 7. The van der Waals surface area contributed by atoms with Gasteiger partial charge in [0.15, 0.2) is 5.96 Å². The van der Waals surface area contributed by atoms with Gasteiger partial charge < -0.3 is 15.6 Å². The molecule has 0 amide bonds. The number of H-pyrrole nitrogens is 1. The molecule has 0 spiro atoms. The van der Waals surface area contributed by atoms with Gasteiger partial charge in [0.2, 0.25) is 0 Å². The molecule has 0 unspecified atom stereocenters. The quantitative estimate of drug-likeness (QED) is 0.445. The molecule has 3 N–H and O–H groups in total. The number of nitrogens with one attached hydrogen (secondary N) is 3. The minimum Gasteiger partial charge on any atom is -0.361 e. The van der Waals surface area contributed by atoms with Crippen molar-refractivity contribution in [1.29, 1.82) is 0 Å². The molecule has 0 atom stereocenters.